The molecule has 0 radical (unpaired) electrons. The molecule has 2 spiro atoms. The number of carbonyl (C=O) groups excluding carboxylic acids is 1. The Kier molecular flexibility index (Phi) is 6.84. The number of rotatable bonds is 9. The lowest BCUT2D eigenvalue weighted by Crippen LogP contribution is -2.61. The Morgan fingerprint density at radius 2 is 1.78 bits per heavy atom. The van der Waals surface area contributed by atoms with Crippen LogP contribution in [-0.2, 0) is 4.79 Å². The molecule has 260 valence electrons. The van der Waals surface area contributed by atoms with E-state index in [9.17, 15) is 4.79 Å². The third-order valence-corrected chi connectivity index (χ3v) is 12.9. The SMILES string of the molecule is C=CC(=O)N1CC2(CCN(c3nc(O[C@H]4C[C@H](N5CC6(CC6)C5)C4)nc4c(OCC)c(-c5c(C)ccc6[nH]ncc56)c(C5CC5)cc34)CC2)C1. The van der Waals surface area contributed by atoms with Crippen molar-refractivity contribution < 1.29 is 14.3 Å². The highest BCUT2D eigenvalue weighted by Gasteiger charge is 2.55. The number of aryl methyl sites for hydroxylation is 1. The highest BCUT2D eigenvalue weighted by Crippen LogP contribution is 2.56. The number of ether oxygens (including phenoxy) is 2. The summed E-state index contributed by atoms with van der Waals surface area (Å²) in [5, 5.41) is 9.76. The Morgan fingerprint density at radius 3 is 2.48 bits per heavy atom. The molecule has 3 saturated carbocycles. The molecule has 10 rings (SSSR count). The third-order valence-electron chi connectivity index (χ3n) is 12.9. The molecule has 10 heteroatoms. The fourth-order valence-corrected chi connectivity index (χ4v) is 9.44. The van der Waals surface area contributed by atoms with Crippen molar-refractivity contribution in [3.8, 4) is 22.9 Å². The average molecular weight is 674 g/mol. The topological polar surface area (TPSA) is 99.7 Å². The number of hydrogen-bond donors (Lipinski definition) is 1. The fraction of sp³-hybridized carbons (Fsp3) is 0.550. The Morgan fingerprint density at radius 1 is 1.02 bits per heavy atom. The Labute approximate surface area is 293 Å². The second-order valence-electron chi connectivity index (χ2n) is 16.3. The normalized spacial score (nSPS) is 25.0. The minimum atomic E-state index is 0.0363. The van der Waals surface area contributed by atoms with Gasteiger partial charge in [0.25, 0.3) is 0 Å². The number of likely N-dealkylation sites (tertiary alicyclic amines) is 2. The van der Waals surface area contributed by atoms with Crippen LogP contribution < -0.4 is 14.4 Å². The van der Waals surface area contributed by atoms with E-state index in [4.69, 9.17) is 19.4 Å². The predicted molar refractivity (Wildman–Crippen MR) is 194 cm³/mol. The second-order valence-corrected chi connectivity index (χ2v) is 16.3. The third kappa shape index (κ3) is 4.92. The average Bonchev–Trinajstić information content (AvgIpc) is 4.01. The van der Waals surface area contributed by atoms with Gasteiger partial charge in [-0.2, -0.15) is 15.1 Å². The number of hydrogen-bond acceptors (Lipinski definition) is 8. The summed E-state index contributed by atoms with van der Waals surface area (Å²) >= 11 is 0. The first-order valence-corrected chi connectivity index (χ1v) is 18.9. The highest BCUT2D eigenvalue weighted by atomic mass is 16.5. The molecule has 1 amide bonds. The number of amides is 1. The molecule has 0 unspecified atom stereocenters. The van der Waals surface area contributed by atoms with E-state index in [1.54, 1.807) is 0 Å². The lowest BCUT2D eigenvalue weighted by atomic mass is 9.72. The van der Waals surface area contributed by atoms with Gasteiger partial charge < -0.3 is 19.3 Å². The zero-order valence-corrected chi connectivity index (χ0v) is 29.3. The zero-order valence-electron chi connectivity index (χ0n) is 29.3. The quantitative estimate of drug-likeness (QED) is 0.205. The number of benzene rings is 2. The minimum Gasteiger partial charge on any atom is -0.491 e. The number of aromatic nitrogens is 4. The van der Waals surface area contributed by atoms with Crippen molar-refractivity contribution in [1.82, 2.24) is 30.0 Å². The van der Waals surface area contributed by atoms with Crippen LogP contribution in [0.4, 0.5) is 5.82 Å². The molecule has 0 bridgehead atoms. The fourth-order valence-electron chi connectivity index (χ4n) is 9.44. The molecule has 2 aromatic heterocycles. The summed E-state index contributed by atoms with van der Waals surface area (Å²) in [6, 6.07) is 7.73. The number of nitrogens with one attached hydrogen (secondary N) is 1. The van der Waals surface area contributed by atoms with Gasteiger partial charge in [0.05, 0.1) is 18.3 Å². The van der Waals surface area contributed by atoms with Crippen molar-refractivity contribution in [2.24, 2.45) is 10.8 Å². The van der Waals surface area contributed by atoms with E-state index in [0.717, 1.165) is 104 Å². The number of nitrogens with zero attached hydrogens (tertiary/aromatic N) is 6. The van der Waals surface area contributed by atoms with Crippen molar-refractivity contribution in [2.45, 2.75) is 83.3 Å². The van der Waals surface area contributed by atoms with E-state index in [2.05, 4.69) is 58.6 Å². The van der Waals surface area contributed by atoms with Crippen LogP contribution in [0.3, 0.4) is 0 Å². The molecule has 1 N–H and O–H groups in total. The van der Waals surface area contributed by atoms with Gasteiger partial charge in [-0.1, -0.05) is 12.6 Å². The Bertz CT molecular complexity index is 2020. The zero-order chi connectivity index (χ0) is 33.8. The largest absolute Gasteiger partial charge is 0.491 e. The summed E-state index contributed by atoms with van der Waals surface area (Å²) in [6.07, 6.45) is 12.7. The molecule has 50 heavy (non-hydrogen) atoms. The van der Waals surface area contributed by atoms with Gasteiger partial charge in [0.1, 0.15) is 17.4 Å². The van der Waals surface area contributed by atoms with Crippen molar-refractivity contribution in [2.75, 3.05) is 50.8 Å². The van der Waals surface area contributed by atoms with Gasteiger partial charge in [0.15, 0.2) is 5.75 Å². The lowest BCUT2D eigenvalue weighted by molar-refractivity contribution is -0.139. The molecule has 3 saturated heterocycles. The standard InChI is InChI=1S/C40H47N7O3/c1-4-32(48)47-22-40(23-47)12-14-45(15-13-40)37-29-18-28(25-7-8-25)34(33-24(3)6-9-31-30(33)19-41-44-31)36(49-5-2)35(29)42-38(43-37)50-27-16-26(17-27)46-20-39(21-46)10-11-39/h4,6,9,18-19,25-27H,1,5,7-8,10-17,20-23H2,2-3H3,(H,41,44)/t26-,27-. The monoisotopic (exact) mass is 673 g/mol. The van der Waals surface area contributed by atoms with Crippen molar-refractivity contribution in [1.29, 1.82) is 0 Å². The Balaban J connectivity index is 1.05. The van der Waals surface area contributed by atoms with Crippen LogP contribution in [0.25, 0.3) is 32.9 Å². The van der Waals surface area contributed by atoms with Crippen LogP contribution in [0, 0.1) is 17.8 Å². The van der Waals surface area contributed by atoms with Crippen molar-refractivity contribution in [3.63, 3.8) is 0 Å². The van der Waals surface area contributed by atoms with Gasteiger partial charge in [-0.25, -0.2) is 0 Å². The van der Waals surface area contributed by atoms with E-state index in [-0.39, 0.29) is 17.4 Å². The number of aromatic amines is 1. The van der Waals surface area contributed by atoms with E-state index < -0.39 is 0 Å². The van der Waals surface area contributed by atoms with E-state index >= 15 is 0 Å². The van der Waals surface area contributed by atoms with E-state index in [1.807, 2.05) is 11.1 Å². The van der Waals surface area contributed by atoms with Gasteiger partial charge in [0.2, 0.25) is 5.91 Å². The minimum absolute atomic E-state index is 0.0363. The van der Waals surface area contributed by atoms with Gasteiger partial charge >= 0.3 is 6.01 Å². The summed E-state index contributed by atoms with van der Waals surface area (Å²) in [4.78, 5) is 29.7. The molecule has 6 aliphatic rings. The second kappa shape index (κ2) is 11.2. The van der Waals surface area contributed by atoms with Gasteiger partial charge in [0, 0.05) is 79.9 Å². The summed E-state index contributed by atoms with van der Waals surface area (Å²) in [5.41, 5.74) is 7.49. The van der Waals surface area contributed by atoms with Crippen LogP contribution in [0.2, 0.25) is 0 Å². The van der Waals surface area contributed by atoms with Crippen LogP contribution in [-0.4, -0.2) is 93.9 Å². The lowest BCUT2D eigenvalue weighted by Gasteiger charge is -2.54. The number of piperidine rings is 1. The predicted octanol–water partition coefficient (Wildman–Crippen LogP) is 6.38. The molecule has 10 nitrogen and oxygen atoms in total. The molecule has 0 atom stereocenters. The van der Waals surface area contributed by atoms with Crippen LogP contribution >= 0.6 is 0 Å². The summed E-state index contributed by atoms with van der Waals surface area (Å²) in [7, 11) is 0. The van der Waals surface area contributed by atoms with E-state index in [1.165, 1.54) is 48.7 Å². The number of anilines is 1. The Hall–Kier alpha value is -4.18. The summed E-state index contributed by atoms with van der Waals surface area (Å²) in [6.45, 7) is 14.4. The van der Waals surface area contributed by atoms with Crippen LogP contribution in [0.15, 0.2) is 37.1 Å². The van der Waals surface area contributed by atoms with Crippen LogP contribution in [0.1, 0.15) is 75.3 Å². The molecule has 3 aliphatic heterocycles. The molecule has 4 aromatic rings. The maximum atomic E-state index is 12.2. The molecule has 3 aliphatic carbocycles. The molecular weight excluding hydrogens is 626 g/mol. The van der Waals surface area contributed by atoms with Crippen molar-refractivity contribution in [3.05, 3.63) is 48.2 Å². The molecule has 5 heterocycles. The first-order valence-electron chi connectivity index (χ1n) is 18.9. The smallest absolute Gasteiger partial charge is 0.319 e. The first-order chi connectivity index (χ1) is 24.3. The molecule has 6 fully saturated rings. The maximum absolute atomic E-state index is 12.2. The van der Waals surface area contributed by atoms with Gasteiger partial charge in [-0.05, 0) is 98.6 Å². The van der Waals surface area contributed by atoms with Crippen LogP contribution in [0.5, 0.6) is 11.8 Å². The summed E-state index contributed by atoms with van der Waals surface area (Å²) < 4.78 is 13.4. The highest BCUT2D eigenvalue weighted by molar-refractivity contribution is 6.06. The number of fused-ring (bicyclic) bond motifs is 2. The van der Waals surface area contributed by atoms with E-state index in [0.29, 0.717) is 30.0 Å². The first kappa shape index (κ1) is 30.6. The molecular formula is C40H47N7O3. The maximum Gasteiger partial charge on any atom is 0.319 e. The summed E-state index contributed by atoms with van der Waals surface area (Å²) in [5.74, 6) is 2.27. The number of carbonyl (C=O) groups is 1. The van der Waals surface area contributed by atoms with Gasteiger partial charge in [-0.3, -0.25) is 14.8 Å². The van der Waals surface area contributed by atoms with Gasteiger partial charge in [-0.15, -0.1) is 0 Å². The molecule has 2 aromatic carbocycles. The van der Waals surface area contributed by atoms with Crippen molar-refractivity contribution >= 4 is 33.5 Å². The number of H-pyrrole nitrogens is 1.